The third-order valence-electron chi connectivity index (χ3n) is 2.50. The van der Waals surface area contributed by atoms with Gasteiger partial charge in [-0.05, 0) is 31.5 Å². The van der Waals surface area contributed by atoms with Gasteiger partial charge in [0.2, 0.25) is 5.95 Å². The molecule has 1 N–H and O–H groups in total. The Balaban J connectivity index is 2.09. The molecule has 0 aliphatic carbocycles. The zero-order chi connectivity index (χ0) is 13.7. The number of thioether (sulfide) groups is 1. The van der Waals surface area contributed by atoms with Gasteiger partial charge in [-0.2, -0.15) is 0 Å². The molecule has 0 saturated heterocycles. The summed E-state index contributed by atoms with van der Waals surface area (Å²) in [4.78, 5) is 8.80. The SMILES string of the molecule is CCNc1nc(C)cc(SCc2ccccc2Cl)n1. The fourth-order valence-electron chi connectivity index (χ4n) is 1.62. The minimum atomic E-state index is 0.684. The van der Waals surface area contributed by atoms with E-state index in [1.807, 2.05) is 44.2 Å². The van der Waals surface area contributed by atoms with E-state index in [-0.39, 0.29) is 0 Å². The van der Waals surface area contributed by atoms with Crippen molar-refractivity contribution in [2.24, 2.45) is 0 Å². The Hall–Kier alpha value is -1.26. The van der Waals surface area contributed by atoms with Crippen molar-refractivity contribution < 1.29 is 0 Å². The molecule has 3 nitrogen and oxygen atoms in total. The number of nitrogens with zero attached hydrogens (tertiary/aromatic N) is 2. The van der Waals surface area contributed by atoms with Crippen LogP contribution >= 0.6 is 23.4 Å². The molecule has 1 aromatic carbocycles. The van der Waals surface area contributed by atoms with E-state index in [2.05, 4.69) is 15.3 Å². The van der Waals surface area contributed by atoms with Crippen molar-refractivity contribution in [3.63, 3.8) is 0 Å². The number of aromatic nitrogens is 2. The van der Waals surface area contributed by atoms with E-state index < -0.39 is 0 Å². The van der Waals surface area contributed by atoms with E-state index in [4.69, 9.17) is 11.6 Å². The Kier molecular flexibility index (Phi) is 5.05. The first-order valence-electron chi connectivity index (χ1n) is 6.15. The second-order valence-corrected chi connectivity index (χ2v) is 5.48. The van der Waals surface area contributed by atoms with Crippen LogP contribution in [0.2, 0.25) is 5.02 Å². The summed E-state index contributed by atoms with van der Waals surface area (Å²) >= 11 is 7.81. The second kappa shape index (κ2) is 6.78. The van der Waals surface area contributed by atoms with Crippen LogP contribution in [0, 0.1) is 6.92 Å². The van der Waals surface area contributed by atoms with Crippen LogP contribution in [0.15, 0.2) is 35.4 Å². The maximum absolute atomic E-state index is 6.14. The average Bonchev–Trinajstić information content (AvgIpc) is 2.37. The van der Waals surface area contributed by atoms with Gasteiger partial charge in [0.05, 0.1) is 0 Å². The van der Waals surface area contributed by atoms with Crippen molar-refractivity contribution in [3.05, 3.63) is 46.6 Å². The minimum Gasteiger partial charge on any atom is -0.354 e. The molecule has 2 rings (SSSR count). The highest BCUT2D eigenvalue weighted by molar-refractivity contribution is 7.98. The topological polar surface area (TPSA) is 37.8 Å². The maximum Gasteiger partial charge on any atom is 0.223 e. The van der Waals surface area contributed by atoms with E-state index in [1.54, 1.807) is 11.8 Å². The van der Waals surface area contributed by atoms with E-state index in [9.17, 15) is 0 Å². The number of aryl methyl sites for hydroxylation is 1. The first-order valence-corrected chi connectivity index (χ1v) is 7.51. The zero-order valence-electron chi connectivity index (χ0n) is 11.0. The van der Waals surface area contributed by atoms with Gasteiger partial charge in [-0.15, -0.1) is 11.8 Å². The monoisotopic (exact) mass is 293 g/mol. The molecule has 0 amide bonds. The molecular weight excluding hydrogens is 278 g/mol. The van der Waals surface area contributed by atoms with Gasteiger partial charge >= 0.3 is 0 Å². The van der Waals surface area contributed by atoms with Crippen molar-refractivity contribution >= 4 is 29.3 Å². The fraction of sp³-hybridized carbons (Fsp3) is 0.286. The van der Waals surface area contributed by atoms with Crippen molar-refractivity contribution in [3.8, 4) is 0 Å². The Labute approximate surface area is 122 Å². The van der Waals surface area contributed by atoms with Crippen LogP contribution in [0.4, 0.5) is 5.95 Å². The van der Waals surface area contributed by atoms with Crippen molar-refractivity contribution in [1.82, 2.24) is 9.97 Å². The number of nitrogens with one attached hydrogen (secondary N) is 1. The Morgan fingerprint density at radius 1 is 1.26 bits per heavy atom. The van der Waals surface area contributed by atoms with Gasteiger partial charge in [0.1, 0.15) is 5.03 Å². The summed E-state index contributed by atoms with van der Waals surface area (Å²) < 4.78 is 0. The molecule has 2 aromatic rings. The minimum absolute atomic E-state index is 0.684. The lowest BCUT2D eigenvalue weighted by Gasteiger charge is -2.07. The molecule has 0 fully saturated rings. The molecule has 5 heteroatoms. The number of hydrogen-bond donors (Lipinski definition) is 1. The summed E-state index contributed by atoms with van der Waals surface area (Å²) in [6.45, 7) is 4.82. The molecule has 0 aliphatic heterocycles. The summed E-state index contributed by atoms with van der Waals surface area (Å²) in [5.74, 6) is 1.49. The molecule has 0 radical (unpaired) electrons. The Morgan fingerprint density at radius 2 is 2.05 bits per heavy atom. The van der Waals surface area contributed by atoms with Crippen molar-refractivity contribution in [2.75, 3.05) is 11.9 Å². The summed E-state index contributed by atoms with van der Waals surface area (Å²) in [5.41, 5.74) is 2.09. The number of rotatable bonds is 5. The summed E-state index contributed by atoms with van der Waals surface area (Å²) in [6.07, 6.45) is 0. The van der Waals surface area contributed by atoms with E-state index in [0.717, 1.165) is 33.6 Å². The van der Waals surface area contributed by atoms with E-state index in [1.165, 1.54) is 0 Å². The first-order chi connectivity index (χ1) is 9.19. The Morgan fingerprint density at radius 3 is 2.79 bits per heavy atom. The number of anilines is 1. The molecule has 0 atom stereocenters. The van der Waals surface area contributed by atoms with Gasteiger partial charge in [0, 0.05) is 23.0 Å². The van der Waals surface area contributed by atoms with Crippen LogP contribution in [-0.4, -0.2) is 16.5 Å². The van der Waals surface area contributed by atoms with Gasteiger partial charge in [-0.25, -0.2) is 9.97 Å². The quantitative estimate of drug-likeness (QED) is 0.663. The molecule has 19 heavy (non-hydrogen) atoms. The molecule has 100 valence electrons. The maximum atomic E-state index is 6.14. The number of halogens is 1. The molecule has 1 aromatic heterocycles. The second-order valence-electron chi connectivity index (χ2n) is 4.08. The molecule has 0 spiro atoms. The average molecular weight is 294 g/mol. The first kappa shape index (κ1) is 14.2. The fourth-order valence-corrected chi connectivity index (χ4v) is 2.86. The van der Waals surface area contributed by atoms with Crippen LogP contribution in [0.25, 0.3) is 0 Å². The van der Waals surface area contributed by atoms with Gasteiger partial charge in [-0.3, -0.25) is 0 Å². The third kappa shape index (κ3) is 4.11. The van der Waals surface area contributed by atoms with Crippen LogP contribution in [0.5, 0.6) is 0 Å². The summed E-state index contributed by atoms with van der Waals surface area (Å²) in [5, 5.41) is 4.90. The third-order valence-corrected chi connectivity index (χ3v) is 3.83. The molecule has 1 heterocycles. The highest BCUT2D eigenvalue weighted by Gasteiger charge is 2.04. The van der Waals surface area contributed by atoms with Gasteiger partial charge < -0.3 is 5.32 Å². The summed E-state index contributed by atoms with van der Waals surface area (Å²) in [6, 6.07) is 9.87. The molecule has 0 saturated carbocycles. The highest BCUT2D eigenvalue weighted by Crippen LogP contribution is 2.26. The van der Waals surface area contributed by atoms with Gasteiger partial charge in [-0.1, -0.05) is 29.8 Å². The lowest BCUT2D eigenvalue weighted by atomic mass is 10.2. The lowest BCUT2D eigenvalue weighted by Crippen LogP contribution is -2.03. The van der Waals surface area contributed by atoms with Crippen LogP contribution in [0.3, 0.4) is 0 Å². The Bertz CT molecular complexity index is 560. The summed E-state index contributed by atoms with van der Waals surface area (Å²) in [7, 11) is 0. The number of hydrogen-bond acceptors (Lipinski definition) is 4. The lowest BCUT2D eigenvalue weighted by molar-refractivity contribution is 0.984. The molecular formula is C14H16ClN3S. The predicted molar refractivity (Wildman–Crippen MR) is 81.9 cm³/mol. The molecule has 0 unspecified atom stereocenters. The standard InChI is InChI=1S/C14H16ClN3S/c1-3-16-14-17-10(2)8-13(18-14)19-9-11-6-4-5-7-12(11)15/h4-8H,3,9H2,1-2H3,(H,16,17,18). The molecule has 0 aliphatic rings. The zero-order valence-corrected chi connectivity index (χ0v) is 12.6. The van der Waals surface area contributed by atoms with Gasteiger partial charge in [0.25, 0.3) is 0 Å². The predicted octanol–water partition coefficient (Wildman–Crippen LogP) is 4.16. The van der Waals surface area contributed by atoms with Crippen LogP contribution in [0.1, 0.15) is 18.2 Å². The van der Waals surface area contributed by atoms with E-state index in [0.29, 0.717) is 5.95 Å². The number of benzene rings is 1. The normalized spacial score (nSPS) is 10.5. The van der Waals surface area contributed by atoms with Crippen LogP contribution < -0.4 is 5.32 Å². The van der Waals surface area contributed by atoms with Gasteiger partial charge in [0.15, 0.2) is 0 Å². The smallest absolute Gasteiger partial charge is 0.223 e. The van der Waals surface area contributed by atoms with E-state index >= 15 is 0 Å². The van der Waals surface area contributed by atoms with Crippen molar-refractivity contribution in [2.45, 2.75) is 24.6 Å². The molecule has 0 bridgehead atoms. The van der Waals surface area contributed by atoms with Crippen molar-refractivity contribution in [1.29, 1.82) is 0 Å². The highest BCUT2D eigenvalue weighted by atomic mass is 35.5. The largest absolute Gasteiger partial charge is 0.354 e. The van der Waals surface area contributed by atoms with Crippen LogP contribution in [-0.2, 0) is 5.75 Å².